The van der Waals surface area contributed by atoms with Crippen molar-refractivity contribution in [1.29, 1.82) is 0 Å². The number of rotatable bonds is 6. The van der Waals surface area contributed by atoms with Crippen LogP contribution in [0.5, 0.6) is 5.75 Å². The van der Waals surface area contributed by atoms with Gasteiger partial charge in [-0.1, -0.05) is 12.6 Å². The molecular weight excluding hydrogens is 442 g/mol. The van der Waals surface area contributed by atoms with Crippen LogP contribution in [0.1, 0.15) is 5.69 Å². The van der Waals surface area contributed by atoms with Crippen molar-refractivity contribution in [2.24, 2.45) is 15.7 Å². The smallest absolute Gasteiger partial charge is 0.247 e. The molecule has 0 aliphatic carbocycles. The molecule has 9 heteroatoms. The normalized spacial score (nSPS) is 15.1. The molecule has 4 N–H and O–H groups in total. The van der Waals surface area contributed by atoms with Gasteiger partial charge in [0.1, 0.15) is 11.4 Å². The zero-order valence-corrected chi connectivity index (χ0v) is 19.6. The van der Waals surface area contributed by atoms with Crippen LogP contribution in [0.2, 0.25) is 0 Å². The molecule has 35 heavy (non-hydrogen) atoms. The Morgan fingerprint density at radius 3 is 2.57 bits per heavy atom. The summed E-state index contributed by atoms with van der Waals surface area (Å²) in [6.07, 6.45) is 2.97. The van der Waals surface area contributed by atoms with E-state index in [-0.39, 0.29) is 17.8 Å². The topological polar surface area (TPSA) is 111 Å². The van der Waals surface area contributed by atoms with E-state index in [1.807, 2.05) is 36.4 Å². The molecule has 0 bridgehead atoms. The SMILES string of the molecule is C=CC(=O)Nc1cccc(O/C(=N/C(N)=Nc2ccc(N3CCN(C)CC3)cc2)c2ccc[nH]2)c1. The third-order valence-electron chi connectivity index (χ3n) is 5.51. The number of nitrogens with two attached hydrogens (primary N) is 1. The molecule has 0 radical (unpaired) electrons. The number of amides is 1. The monoisotopic (exact) mass is 471 g/mol. The maximum atomic E-state index is 11.6. The van der Waals surface area contributed by atoms with Crippen LogP contribution in [0.3, 0.4) is 0 Å². The summed E-state index contributed by atoms with van der Waals surface area (Å²) in [5.74, 6) is 0.468. The van der Waals surface area contributed by atoms with E-state index in [4.69, 9.17) is 10.5 Å². The molecule has 1 aliphatic rings. The molecule has 0 atom stereocenters. The molecular formula is C26H29N7O2. The van der Waals surface area contributed by atoms with Gasteiger partial charge in [-0.15, -0.1) is 0 Å². The van der Waals surface area contributed by atoms with E-state index < -0.39 is 0 Å². The lowest BCUT2D eigenvalue weighted by Crippen LogP contribution is -2.44. The number of hydrogen-bond acceptors (Lipinski definition) is 5. The Labute approximate surface area is 204 Å². The molecule has 0 unspecified atom stereocenters. The van der Waals surface area contributed by atoms with Gasteiger partial charge in [0.05, 0.1) is 5.69 Å². The van der Waals surface area contributed by atoms with E-state index >= 15 is 0 Å². The molecule has 3 aromatic rings. The third kappa shape index (κ3) is 6.58. The van der Waals surface area contributed by atoms with Gasteiger partial charge < -0.3 is 30.6 Å². The summed E-state index contributed by atoms with van der Waals surface area (Å²) < 4.78 is 6.00. The van der Waals surface area contributed by atoms with Crippen molar-refractivity contribution >= 4 is 34.8 Å². The first-order valence-electron chi connectivity index (χ1n) is 11.3. The van der Waals surface area contributed by atoms with Gasteiger partial charge in [0.15, 0.2) is 0 Å². The molecule has 4 rings (SSSR count). The predicted molar refractivity (Wildman–Crippen MR) is 141 cm³/mol. The highest BCUT2D eigenvalue weighted by molar-refractivity contribution is 6.02. The van der Waals surface area contributed by atoms with Gasteiger partial charge >= 0.3 is 0 Å². The second-order valence-electron chi connectivity index (χ2n) is 8.10. The lowest BCUT2D eigenvalue weighted by Gasteiger charge is -2.34. The van der Waals surface area contributed by atoms with Crippen molar-refractivity contribution in [3.63, 3.8) is 0 Å². The highest BCUT2D eigenvalue weighted by Crippen LogP contribution is 2.22. The first-order valence-corrected chi connectivity index (χ1v) is 11.3. The minimum atomic E-state index is -0.310. The fraction of sp³-hybridized carbons (Fsp3) is 0.192. The fourth-order valence-corrected chi connectivity index (χ4v) is 3.61. The summed E-state index contributed by atoms with van der Waals surface area (Å²) >= 11 is 0. The Balaban J connectivity index is 1.51. The number of carbonyl (C=O) groups is 1. The number of hydrogen-bond donors (Lipinski definition) is 3. The fourth-order valence-electron chi connectivity index (χ4n) is 3.61. The third-order valence-corrected chi connectivity index (χ3v) is 5.51. The minimum absolute atomic E-state index is 0.0538. The van der Waals surface area contributed by atoms with Crippen LogP contribution in [0.15, 0.2) is 89.5 Å². The van der Waals surface area contributed by atoms with E-state index in [1.165, 1.54) is 6.08 Å². The Morgan fingerprint density at radius 1 is 1.11 bits per heavy atom. The highest BCUT2D eigenvalue weighted by Gasteiger charge is 2.14. The molecule has 2 heterocycles. The van der Waals surface area contributed by atoms with Crippen molar-refractivity contribution in [2.75, 3.05) is 43.4 Å². The standard InChI is InChI=1S/C26H29N7O2/c1-3-24(34)29-20-6-4-7-22(18-20)35-25(23-8-5-13-28-23)31-26(27)30-19-9-11-21(12-10-19)33-16-14-32(2)15-17-33/h3-13,18,28H,1,14-17H2,2H3,(H2,27,30)(H,29,34)/b31-25+. The second kappa shape index (κ2) is 11.2. The zero-order chi connectivity index (χ0) is 24.6. The quantitative estimate of drug-likeness (QED) is 0.290. The van der Waals surface area contributed by atoms with E-state index in [1.54, 1.807) is 30.5 Å². The Morgan fingerprint density at radius 2 is 1.89 bits per heavy atom. The first kappa shape index (κ1) is 23.8. The Kier molecular flexibility index (Phi) is 7.59. The zero-order valence-electron chi connectivity index (χ0n) is 19.6. The van der Waals surface area contributed by atoms with Crippen LogP contribution >= 0.6 is 0 Å². The van der Waals surface area contributed by atoms with Gasteiger partial charge in [0.2, 0.25) is 17.8 Å². The number of H-pyrrole nitrogens is 1. The number of nitrogens with zero attached hydrogens (tertiary/aromatic N) is 4. The molecule has 9 nitrogen and oxygen atoms in total. The van der Waals surface area contributed by atoms with Crippen molar-refractivity contribution in [1.82, 2.24) is 9.88 Å². The molecule has 1 aliphatic heterocycles. The maximum absolute atomic E-state index is 11.6. The van der Waals surface area contributed by atoms with Crippen molar-refractivity contribution in [3.05, 3.63) is 85.2 Å². The molecule has 1 amide bonds. The molecule has 1 aromatic heterocycles. The largest absolute Gasteiger partial charge is 0.437 e. The maximum Gasteiger partial charge on any atom is 0.247 e. The Bertz CT molecular complexity index is 1210. The lowest BCUT2D eigenvalue weighted by atomic mass is 10.2. The first-order chi connectivity index (χ1) is 17.0. The molecule has 0 spiro atoms. The van der Waals surface area contributed by atoms with Gasteiger partial charge in [0, 0.05) is 49.8 Å². The van der Waals surface area contributed by atoms with E-state index in [9.17, 15) is 4.79 Å². The number of aromatic amines is 1. The summed E-state index contributed by atoms with van der Waals surface area (Å²) in [4.78, 5) is 28.2. The Hall–Kier alpha value is -4.37. The lowest BCUT2D eigenvalue weighted by molar-refractivity contribution is -0.111. The number of carbonyl (C=O) groups excluding carboxylic acids is 1. The number of aliphatic imine (C=N–C) groups is 2. The van der Waals surface area contributed by atoms with Crippen LogP contribution < -0.4 is 20.7 Å². The number of nitrogens with one attached hydrogen (secondary N) is 2. The number of likely N-dealkylation sites (N-methyl/N-ethyl adjacent to an activating group) is 1. The van der Waals surface area contributed by atoms with Crippen molar-refractivity contribution in [3.8, 4) is 5.75 Å². The number of piperazine rings is 1. The number of benzene rings is 2. The molecule has 1 saturated heterocycles. The summed E-state index contributed by atoms with van der Waals surface area (Å²) in [7, 11) is 2.14. The minimum Gasteiger partial charge on any atom is -0.437 e. The van der Waals surface area contributed by atoms with Crippen LogP contribution in [0.25, 0.3) is 0 Å². The summed E-state index contributed by atoms with van der Waals surface area (Å²) in [5, 5.41) is 2.70. The van der Waals surface area contributed by atoms with Crippen LogP contribution in [-0.4, -0.2) is 60.9 Å². The second-order valence-corrected chi connectivity index (χ2v) is 8.10. The molecule has 0 saturated carbocycles. The van der Waals surface area contributed by atoms with Gasteiger partial charge in [-0.2, -0.15) is 4.99 Å². The number of aromatic nitrogens is 1. The molecule has 180 valence electrons. The summed E-state index contributed by atoms with van der Waals surface area (Å²) in [5.41, 5.74) is 9.23. The van der Waals surface area contributed by atoms with Gasteiger partial charge in [-0.3, -0.25) is 4.79 Å². The van der Waals surface area contributed by atoms with Gasteiger partial charge in [-0.25, -0.2) is 4.99 Å². The van der Waals surface area contributed by atoms with Crippen LogP contribution in [-0.2, 0) is 4.79 Å². The average molecular weight is 472 g/mol. The molecule has 2 aromatic carbocycles. The van der Waals surface area contributed by atoms with Crippen molar-refractivity contribution in [2.45, 2.75) is 0 Å². The van der Waals surface area contributed by atoms with E-state index in [2.05, 4.69) is 43.7 Å². The number of anilines is 2. The van der Waals surface area contributed by atoms with Crippen LogP contribution in [0, 0.1) is 0 Å². The molecule has 1 fully saturated rings. The van der Waals surface area contributed by atoms with Crippen molar-refractivity contribution < 1.29 is 9.53 Å². The average Bonchev–Trinajstić information content (AvgIpc) is 3.40. The predicted octanol–water partition coefficient (Wildman–Crippen LogP) is 3.36. The summed E-state index contributed by atoms with van der Waals surface area (Å²) in [6, 6.07) is 18.6. The summed E-state index contributed by atoms with van der Waals surface area (Å²) in [6.45, 7) is 7.56. The van der Waals surface area contributed by atoms with E-state index in [0.29, 0.717) is 22.8 Å². The highest BCUT2D eigenvalue weighted by atomic mass is 16.5. The number of guanidine groups is 1. The van der Waals surface area contributed by atoms with Gasteiger partial charge in [0.25, 0.3) is 0 Å². The number of ether oxygens (including phenoxy) is 1. The van der Waals surface area contributed by atoms with E-state index in [0.717, 1.165) is 31.9 Å². The van der Waals surface area contributed by atoms with Gasteiger partial charge in [-0.05, 0) is 61.7 Å². The van der Waals surface area contributed by atoms with Crippen LogP contribution in [0.4, 0.5) is 17.1 Å².